The lowest BCUT2D eigenvalue weighted by atomic mass is 10.0. The Bertz CT molecular complexity index is 572. The molecule has 0 bridgehead atoms. The number of anilines is 1. The second-order valence-corrected chi connectivity index (χ2v) is 7.68. The molecule has 0 saturated carbocycles. The highest BCUT2D eigenvalue weighted by Crippen LogP contribution is 2.24. The van der Waals surface area contributed by atoms with Crippen LogP contribution in [0.4, 0.5) is 5.69 Å². The van der Waals surface area contributed by atoms with Crippen LogP contribution in [0.15, 0.2) is 29.2 Å². The van der Waals surface area contributed by atoms with Gasteiger partial charge in [-0.15, -0.1) is 0 Å². The fraction of sp³-hybridized carbons (Fsp3) is 0.600. The number of piperidine rings is 1. The van der Waals surface area contributed by atoms with Crippen LogP contribution in [-0.2, 0) is 10.0 Å². The highest BCUT2D eigenvalue weighted by Gasteiger charge is 2.23. The maximum Gasteiger partial charge on any atom is 0.242 e. The average molecular weight is 311 g/mol. The normalized spacial score (nSPS) is 23.2. The zero-order chi connectivity index (χ0) is 15.5. The smallest absolute Gasteiger partial charge is 0.242 e. The molecule has 1 heterocycles. The molecule has 1 aromatic rings. The van der Waals surface area contributed by atoms with Gasteiger partial charge in [-0.1, -0.05) is 12.1 Å². The van der Waals surface area contributed by atoms with Gasteiger partial charge in [0.05, 0.1) is 5.69 Å². The van der Waals surface area contributed by atoms with Gasteiger partial charge in [0.25, 0.3) is 0 Å². The molecule has 3 N–H and O–H groups in total. The molecule has 118 valence electrons. The predicted molar refractivity (Wildman–Crippen MR) is 86.0 cm³/mol. The fourth-order valence-corrected chi connectivity index (χ4v) is 4.10. The second kappa shape index (κ2) is 6.77. The fourth-order valence-electron chi connectivity index (χ4n) is 2.68. The van der Waals surface area contributed by atoms with Crippen molar-refractivity contribution in [1.82, 2.24) is 10.0 Å². The number of hydrogen-bond donors (Lipinski definition) is 3. The van der Waals surface area contributed by atoms with Crippen LogP contribution in [0.1, 0.15) is 33.6 Å². The summed E-state index contributed by atoms with van der Waals surface area (Å²) in [6.45, 7) is 6.75. The number of nitrogens with one attached hydrogen (secondary N) is 3. The van der Waals surface area contributed by atoms with E-state index in [0.717, 1.165) is 19.4 Å². The molecule has 2 unspecified atom stereocenters. The lowest BCUT2D eigenvalue weighted by molar-refractivity contribution is 0.396. The summed E-state index contributed by atoms with van der Waals surface area (Å²) < 4.78 is 27.5. The topological polar surface area (TPSA) is 70.2 Å². The van der Waals surface area contributed by atoms with E-state index in [1.54, 1.807) is 12.1 Å². The number of para-hydroxylation sites is 1. The lowest BCUT2D eigenvalue weighted by Crippen LogP contribution is -2.41. The first-order chi connectivity index (χ1) is 9.88. The molecule has 1 aliphatic heterocycles. The van der Waals surface area contributed by atoms with Gasteiger partial charge in [0.2, 0.25) is 10.0 Å². The summed E-state index contributed by atoms with van der Waals surface area (Å²) >= 11 is 0. The molecule has 1 aliphatic rings. The molecule has 2 rings (SSSR count). The number of rotatable bonds is 5. The third-order valence-electron chi connectivity index (χ3n) is 3.55. The van der Waals surface area contributed by atoms with Gasteiger partial charge < -0.3 is 10.6 Å². The third kappa shape index (κ3) is 4.43. The summed E-state index contributed by atoms with van der Waals surface area (Å²) in [6.07, 6.45) is 1.99. The van der Waals surface area contributed by atoms with E-state index in [1.807, 2.05) is 26.0 Å². The first-order valence-corrected chi connectivity index (χ1v) is 8.98. The molecule has 2 atom stereocenters. The minimum atomic E-state index is -3.48. The SMILES string of the molecule is CC(C)NS(=O)(=O)c1ccccc1NC1CCNC(C)C1. The Hall–Kier alpha value is -1.11. The van der Waals surface area contributed by atoms with E-state index < -0.39 is 10.0 Å². The molecule has 5 nitrogen and oxygen atoms in total. The van der Waals surface area contributed by atoms with Crippen molar-refractivity contribution in [2.24, 2.45) is 0 Å². The van der Waals surface area contributed by atoms with Gasteiger partial charge in [-0.2, -0.15) is 0 Å². The van der Waals surface area contributed by atoms with E-state index in [1.165, 1.54) is 0 Å². The Morgan fingerprint density at radius 3 is 2.67 bits per heavy atom. The molecule has 0 radical (unpaired) electrons. The van der Waals surface area contributed by atoms with Crippen molar-refractivity contribution in [3.05, 3.63) is 24.3 Å². The highest BCUT2D eigenvalue weighted by atomic mass is 32.2. The van der Waals surface area contributed by atoms with Crippen LogP contribution in [0, 0.1) is 0 Å². The van der Waals surface area contributed by atoms with Crippen molar-refractivity contribution in [3.63, 3.8) is 0 Å². The van der Waals surface area contributed by atoms with E-state index >= 15 is 0 Å². The van der Waals surface area contributed by atoms with Crippen molar-refractivity contribution in [2.75, 3.05) is 11.9 Å². The van der Waals surface area contributed by atoms with Crippen LogP contribution in [0.3, 0.4) is 0 Å². The summed E-state index contributed by atoms with van der Waals surface area (Å²) in [7, 11) is -3.48. The van der Waals surface area contributed by atoms with Crippen molar-refractivity contribution in [3.8, 4) is 0 Å². The maximum absolute atomic E-state index is 12.4. The van der Waals surface area contributed by atoms with Gasteiger partial charge in [-0.25, -0.2) is 13.1 Å². The molecular formula is C15H25N3O2S. The second-order valence-electron chi connectivity index (χ2n) is 5.99. The Balaban J connectivity index is 2.21. The quantitative estimate of drug-likeness (QED) is 0.777. The van der Waals surface area contributed by atoms with Crippen LogP contribution >= 0.6 is 0 Å². The lowest BCUT2D eigenvalue weighted by Gasteiger charge is -2.30. The maximum atomic E-state index is 12.4. The summed E-state index contributed by atoms with van der Waals surface area (Å²) in [5.74, 6) is 0. The van der Waals surface area contributed by atoms with Crippen LogP contribution < -0.4 is 15.4 Å². The van der Waals surface area contributed by atoms with Crippen molar-refractivity contribution in [1.29, 1.82) is 0 Å². The van der Waals surface area contributed by atoms with Gasteiger partial charge >= 0.3 is 0 Å². The molecule has 0 spiro atoms. The predicted octanol–water partition coefficient (Wildman–Crippen LogP) is 1.93. The van der Waals surface area contributed by atoms with E-state index in [9.17, 15) is 8.42 Å². The monoisotopic (exact) mass is 311 g/mol. The Labute approximate surface area is 127 Å². The molecule has 21 heavy (non-hydrogen) atoms. The van der Waals surface area contributed by atoms with Gasteiger partial charge in [-0.3, -0.25) is 0 Å². The van der Waals surface area contributed by atoms with E-state index in [2.05, 4.69) is 22.3 Å². The Kier molecular flexibility index (Phi) is 5.24. The first-order valence-electron chi connectivity index (χ1n) is 7.50. The van der Waals surface area contributed by atoms with Gasteiger partial charge in [-0.05, 0) is 52.3 Å². The van der Waals surface area contributed by atoms with Crippen molar-refractivity contribution in [2.45, 2.75) is 56.6 Å². The zero-order valence-corrected chi connectivity index (χ0v) is 13.7. The summed E-state index contributed by atoms with van der Waals surface area (Å²) in [4.78, 5) is 0.324. The zero-order valence-electron chi connectivity index (χ0n) is 12.9. The molecule has 6 heteroatoms. The summed E-state index contributed by atoms with van der Waals surface area (Å²) in [6, 6.07) is 7.73. The molecule has 0 aliphatic carbocycles. The van der Waals surface area contributed by atoms with Crippen LogP contribution in [0.5, 0.6) is 0 Å². The molecular weight excluding hydrogens is 286 g/mol. The average Bonchev–Trinajstić information content (AvgIpc) is 2.37. The minimum absolute atomic E-state index is 0.123. The molecule has 1 saturated heterocycles. The number of hydrogen-bond acceptors (Lipinski definition) is 4. The molecule has 1 fully saturated rings. The van der Waals surface area contributed by atoms with Crippen molar-refractivity contribution >= 4 is 15.7 Å². The van der Waals surface area contributed by atoms with Crippen molar-refractivity contribution < 1.29 is 8.42 Å². The first kappa shape index (κ1) is 16.3. The van der Waals surface area contributed by atoms with Crippen LogP contribution in [-0.4, -0.2) is 33.1 Å². The molecule has 0 aromatic heterocycles. The van der Waals surface area contributed by atoms with E-state index in [4.69, 9.17) is 0 Å². The largest absolute Gasteiger partial charge is 0.381 e. The number of sulfonamides is 1. The van der Waals surface area contributed by atoms with Gasteiger partial charge in [0.1, 0.15) is 4.90 Å². The summed E-state index contributed by atoms with van der Waals surface area (Å²) in [5, 5.41) is 6.80. The standard InChI is InChI=1S/C15H25N3O2S/c1-11(2)18-21(19,20)15-7-5-4-6-14(15)17-13-8-9-16-12(3)10-13/h4-7,11-13,16-18H,8-10H2,1-3H3. The third-order valence-corrected chi connectivity index (χ3v) is 5.27. The summed E-state index contributed by atoms with van der Waals surface area (Å²) in [5.41, 5.74) is 0.685. The van der Waals surface area contributed by atoms with Gasteiger partial charge in [0, 0.05) is 18.1 Å². The van der Waals surface area contributed by atoms with Crippen LogP contribution in [0.2, 0.25) is 0 Å². The minimum Gasteiger partial charge on any atom is -0.381 e. The highest BCUT2D eigenvalue weighted by molar-refractivity contribution is 7.89. The Morgan fingerprint density at radius 1 is 1.29 bits per heavy atom. The van der Waals surface area contributed by atoms with Crippen LogP contribution in [0.25, 0.3) is 0 Å². The van der Waals surface area contributed by atoms with E-state index in [0.29, 0.717) is 22.7 Å². The number of benzene rings is 1. The molecule has 1 aromatic carbocycles. The van der Waals surface area contributed by atoms with Gasteiger partial charge in [0.15, 0.2) is 0 Å². The Morgan fingerprint density at radius 2 is 2.00 bits per heavy atom. The molecule has 0 amide bonds. The van der Waals surface area contributed by atoms with E-state index in [-0.39, 0.29) is 6.04 Å².